The Morgan fingerprint density at radius 3 is 2.77 bits per heavy atom. The van der Waals surface area contributed by atoms with E-state index in [4.69, 9.17) is 0 Å². The standard InChI is InChI=1S/C18H19NO2S/c1-22-10-9-17(18(20)21)19-16-8-4-7-14-13-6-3-2-5-12(13)11-15(14)16/h2-8,17,19H,9-11H2,1H3,(H,20,21)/t17-/m0/s1. The summed E-state index contributed by atoms with van der Waals surface area (Å²) < 4.78 is 0. The molecule has 4 heteroatoms. The molecule has 0 fully saturated rings. The first-order valence-corrected chi connectivity index (χ1v) is 8.78. The molecule has 1 aliphatic rings. The van der Waals surface area contributed by atoms with E-state index in [1.165, 1.54) is 22.3 Å². The predicted octanol–water partition coefficient (Wildman–Crippen LogP) is 3.88. The van der Waals surface area contributed by atoms with Crippen LogP contribution in [0, 0.1) is 0 Å². The lowest BCUT2D eigenvalue weighted by molar-refractivity contribution is -0.137. The van der Waals surface area contributed by atoms with Crippen molar-refractivity contribution in [2.24, 2.45) is 0 Å². The number of nitrogens with one attached hydrogen (secondary N) is 1. The van der Waals surface area contributed by atoms with Gasteiger partial charge in [0.05, 0.1) is 0 Å². The monoisotopic (exact) mass is 313 g/mol. The minimum absolute atomic E-state index is 0.539. The van der Waals surface area contributed by atoms with E-state index in [1.807, 2.05) is 24.5 Å². The highest BCUT2D eigenvalue weighted by atomic mass is 32.2. The molecule has 2 N–H and O–H groups in total. The van der Waals surface area contributed by atoms with Gasteiger partial charge >= 0.3 is 5.97 Å². The van der Waals surface area contributed by atoms with E-state index in [0.717, 1.165) is 17.9 Å². The molecular weight excluding hydrogens is 294 g/mol. The Hall–Kier alpha value is -1.94. The van der Waals surface area contributed by atoms with Crippen LogP contribution in [0.1, 0.15) is 17.5 Å². The SMILES string of the molecule is CSCC[C@H](Nc1cccc2c1Cc1ccccc1-2)C(=O)O. The maximum Gasteiger partial charge on any atom is 0.326 e. The van der Waals surface area contributed by atoms with Crippen molar-refractivity contribution in [3.63, 3.8) is 0 Å². The van der Waals surface area contributed by atoms with Crippen LogP contribution in [-0.4, -0.2) is 29.1 Å². The Balaban J connectivity index is 1.89. The number of rotatable bonds is 6. The second-order valence-corrected chi connectivity index (χ2v) is 6.47. The molecule has 0 aromatic heterocycles. The van der Waals surface area contributed by atoms with E-state index in [0.29, 0.717) is 6.42 Å². The number of aliphatic carboxylic acids is 1. The second kappa shape index (κ2) is 6.44. The number of carboxylic acids is 1. The predicted molar refractivity (Wildman–Crippen MR) is 92.7 cm³/mol. The molecule has 0 spiro atoms. The normalized spacial score (nSPS) is 13.3. The maximum absolute atomic E-state index is 11.5. The van der Waals surface area contributed by atoms with Gasteiger partial charge in [0, 0.05) is 12.1 Å². The zero-order chi connectivity index (χ0) is 15.5. The Bertz CT molecular complexity index is 699. The van der Waals surface area contributed by atoms with Crippen LogP contribution in [-0.2, 0) is 11.2 Å². The van der Waals surface area contributed by atoms with Crippen molar-refractivity contribution in [1.29, 1.82) is 0 Å². The first kappa shape index (κ1) is 15.0. The lowest BCUT2D eigenvalue weighted by Crippen LogP contribution is -2.30. The van der Waals surface area contributed by atoms with E-state index in [2.05, 4.69) is 29.6 Å². The van der Waals surface area contributed by atoms with Crippen molar-refractivity contribution in [2.45, 2.75) is 18.9 Å². The Kier molecular flexibility index (Phi) is 4.39. The van der Waals surface area contributed by atoms with Crippen molar-refractivity contribution >= 4 is 23.4 Å². The average Bonchev–Trinajstić information content (AvgIpc) is 2.90. The highest BCUT2D eigenvalue weighted by molar-refractivity contribution is 7.98. The minimum atomic E-state index is -0.790. The first-order chi connectivity index (χ1) is 10.7. The highest BCUT2D eigenvalue weighted by Gasteiger charge is 2.23. The lowest BCUT2D eigenvalue weighted by Gasteiger charge is -2.18. The lowest BCUT2D eigenvalue weighted by atomic mass is 10.0. The van der Waals surface area contributed by atoms with Gasteiger partial charge in [0.15, 0.2) is 0 Å². The molecule has 2 aromatic rings. The zero-order valence-electron chi connectivity index (χ0n) is 12.5. The molecule has 0 heterocycles. The van der Waals surface area contributed by atoms with Gasteiger partial charge in [-0.2, -0.15) is 11.8 Å². The molecule has 1 atom stereocenters. The van der Waals surface area contributed by atoms with Crippen LogP contribution in [0.4, 0.5) is 5.69 Å². The van der Waals surface area contributed by atoms with Crippen molar-refractivity contribution in [2.75, 3.05) is 17.3 Å². The van der Waals surface area contributed by atoms with Gasteiger partial charge in [-0.15, -0.1) is 0 Å². The van der Waals surface area contributed by atoms with Crippen LogP contribution in [0.3, 0.4) is 0 Å². The van der Waals surface area contributed by atoms with E-state index in [-0.39, 0.29) is 0 Å². The molecule has 0 radical (unpaired) electrons. The summed E-state index contributed by atoms with van der Waals surface area (Å²) in [5.41, 5.74) is 5.94. The van der Waals surface area contributed by atoms with Crippen LogP contribution in [0.15, 0.2) is 42.5 Å². The summed E-state index contributed by atoms with van der Waals surface area (Å²) in [5, 5.41) is 12.6. The van der Waals surface area contributed by atoms with E-state index in [9.17, 15) is 9.90 Å². The molecular formula is C18H19NO2S. The van der Waals surface area contributed by atoms with Gasteiger partial charge < -0.3 is 10.4 Å². The van der Waals surface area contributed by atoms with E-state index >= 15 is 0 Å². The molecule has 22 heavy (non-hydrogen) atoms. The van der Waals surface area contributed by atoms with Gasteiger partial charge in [0.1, 0.15) is 6.04 Å². The van der Waals surface area contributed by atoms with Crippen molar-refractivity contribution in [1.82, 2.24) is 0 Å². The molecule has 3 nitrogen and oxygen atoms in total. The van der Waals surface area contributed by atoms with Crippen molar-refractivity contribution < 1.29 is 9.90 Å². The molecule has 0 saturated heterocycles. The molecule has 0 aliphatic heterocycles. The Labute approximate surface area is 134 Å². The smallest absolute Gasteiger partial charge is 0.326 e. The molecule has 1 aliphatic carbocycles. The fourth-order valence-corrected chi connectivity index (χ4v) is 3.44. The summed E-state index contributed by atoms with van der Waals surface area (Å²) in [6, 6.07) is 13.9. The molecule has 0 unspecified atom stereocenters. The Morgan fingerprint density at radius 1 is 1.23 bits per heavy atom. The van der Waals surface area contributed by atoms with Crippen molar-refractivity contribution in [3.8, 4) is 11.1 Å². The number of fused-ring (bicyclic) bond motifs is 3. The molecule has 2 aromatic carbocycles. The molecule has 0 bridgehead atoms. The fraction of sp³-hybridized carbons (Fsp3) is 0.278. The number of hydrogen-bond acceptors (Lipinski definition) is 3. The molecule has 3 rings (SSSR count). The highest BCUT2D eigenvalue weighted by Crippen LogP contribution is 2.40. The number of benzene rings is 2. The number of thioether (sulfide) groups is 1. The molecule has 114 valence electrons. The number of carbonyl (C=O) groups is 1. The third kappa shape index (κ3) is 2.83. The molecule has 0 amide bonds. The van der Waals surface area contributed by atoms with Gasteiger partial charge in [0.2, 0.25) is 0 Å². The van der Waals surface area contributed by atoms with Crippen LogP contribution in [0.2, 0.25) is 0 Å². The zero-order valence-corrected chi connectivity index (χ0v) is 13.3. The maximum atomic E-state index is 11.5. The first-order valence-electron chi connectivity index (χ1n) is 7.39. The Morgan fingerprint density at radius 2 is 2.00 bits per heavy atom. The summed E-state index contributed by atoms with van der Waals surface area (Å²) >= 11 is 1.67. The van der Waals surface area contributed by atoms with Crippen LogP contribution < -0.4 is 5.32 Å². The van der Waals surface area contributed by atoms with Gasteiger partial charge in [0.25, 0.3) is 0 Å². The summed E-state index contributed by atoms with van der Waals surface area (Å²) in [4.78, 5) is 11.5. The topological polar surface area (TPSA) is 49.3 Å². The quantitative estimate of drug-likeness (QED) is 0.725. The van der Waals surface area contributed by atoms with E-state index in [1.54, 1.807) is 11.8 Å². The van der Waals surface area contributed by atoms with Gasteiger partial charge in [-0.3, -0.25) is 0 Å². The largest absolute Gasteiger partial charge is 0.480 e. The average molecular weight is 313 g/mol. The number of hydrogen-bond donors (Lipinski definition) is 2. The van der Waals surface area contributed by atoms with Crippen LogP contribution >= 0.6 is 11.8 Å². The summed E-state index contributed by atoms with van der Waals surface area (Å²) in [5.74, 6) is 0.0429. The number of anilines is 1. The third-order valence-corrected chi connectivity index (χ3v) is 4.73. The van der Waals surface area contributed by atoms with Crippen LogP contribution in [0.5, 0.6) is 0 Å². The third-order valence-electron chi connectivity index (χ3n) is 4.09. The summed E-state index contributed by atoms with van der Waals surface area (Å²) in [6.07, 6.45) is 3.48. The van der Waals surface area contributed by atoms with Crippen LogP contribution in [0.25, 0.3) is 11.1 Å². The summed E-state index contributed by atoms with van der Waals surface area (Å²) in [6.45, 7) is 0. The molecule has 0 saturated carbocycles. The van der Waals surface area contributed by atoms with E-state index < -0.39 is 12.0 Å². The summed E-state index contributed by atoms with van der Waals surface area (Å²) in [7, 11) is 0. The second-order valence-electron chi connectivity index (χ2n) is 5.48. The van der Waals surface area contributed by atoms with Gasteiger partial charge in [-0.25, -0.2) is 4.79 Å². The number of carboxylic acid groups (broad SMARTS) is 1. The minimum Gasteiger partial charge on any atom is -0.480 e. The van der Waals surface area contributed by atoms with Crippen molar-refractivity contribution in [3.05, 3.63) is 53.6 Å². The van der Waals surface area contributed by atoms with Gasteiger partial charge in [-0.05, 0) is 46.7 Å². The van der Waals surface area contributed by atoms with Gasteiger partial charge in [-0.1, -0.05) is 36.4 Å². The fourth-order valence-electron chi connectivity index (χ4n) is 2.97.